The van der Waals surface area contributed by atoms with Crippen molar-refractivity contribution in [3.63, 3.8) is 0 Å². The van der Waals surface area contributed by atoms with E-state index in [2.05, 4.69) is 11.2 Å². The third kappa shape index (κ3) is 2.64. The highest BCUT2D eigenvalue weighted by molar-refractivity contribution is 5.93. The van der Waals surface area contributed by atoms with E-state index in [0.717, 1.165) is 5.69 Å². The molecule has 78 valence electrons. The molecule has 0 radical (unpaired) electrons. The zero-order chi connectivity index (χ0) is 11.3. The molecule has 0 bridgehead atoms. The van der Waals surface area contributed by atoms with Crippen molar-refractivity contribution in [2.75, 3.05) is 19.0 Å². The van der Waals surface area contributed by atoms with Crippen molar-refractivity contribution in [3.8, 4) is 18.1 Å². The van der Waals surface area contributed by atoms with Gasteiger partial charge in [-0.05, 0) is 18.2 Å². The van der Waals surface area contributed by atoms with Gasteiger partial charge in [0.1, 0.15) is 5.75 Å². The largest absolute Gasteiger partial charge is 0.495 e. The van der Waals surface area contributed by atoms with Crippen molar-refractivity contribution in [1.29, 1.82) is 0 Å². The van der Waals surface area contributed by atoms with Gasteiger partial charge < -0.3 is 15.8 Å². The molecule has 0 aliphatic heterocycles. The van der Waals surface area contributed by atoms with E-state index < -0.39 is 5.91 Å². The van der Waals surface area contributed by atoms with Crippen LogP contribution in [0.1, 0.15) is 10.4 Å². The average Bonchev–Trinajstić information content (AvgIpc) is 2.25. The minimum Gasteiger partial charge on any atom is -0.495 e. The number of hydrogen-bond acceptors (Lipinski definition) is 3. The predicted octanol–water partition coefficient (Wildman–Crippen LogP) is 0.839. The number of amides is 1. The summed E-state index contributed by atoms with van der Waals surface area (Å²) in [6, 6.07) is 4.89. The normalized spacial score (nSPS) is 9.07. The first-order valence-corrected chi connectivity index (χ1v) is 4.34. The molecule has 0 saturated heterocycles. The minimum absolute atomic E-state index is 0.395. The molecule has 1 amide bonds. The molecule has 0 atom stereocenters. The Balaban J connectivity index is 2.99. The van der Waals surface area contributed by atoms with E-state index in [4.69, 9.17) is 16.9 Å². The second kappa shape index (κ2) is 4.91. The Morgan fingerprint density at radius 1 is 1.67 bits per heavy atom. The molecule has 0 spiro atoms. The van der Waals surface area contributed by atoms with Crippen LogP contribution in [0.5, 0.6) is 5.75 Å². The molecule has 1 aromatic carbocycles. The van der Waals surface area contributed by atoms with Crippen LogP contribution in [0, 0.1) is 12.3 Å². The van der Waals surface area contributed by atoms with Crippen LogP contribution < -0.4 is 15.8 Å². The standard InChI is InChI=1S/C11H12N2O2/c1-3-6-13-9-5-4-8(11(12)14)7-10(9)15-2/h1,4-5,7,13H,6H2,2H3,(H2,12,14). The van der Waals surface area contributed by atoms with Crippen molar-refractivity contribution in [3.05, 3.63) is 23.8 Å². The molecule has 0 fully saturated rings. The first-order valence-electron chi connectivity index (χ1n) is 4.34. The van der Waals surface area contributed by atoms with Crippen LogP contribution in [-0.2, 0) is 0 Å². The summed E-state index contributed by atoms with van der Waals surface area (Å²) in [5, 5.41) is 2.97. The van der Waals surface area contributed by atoms with Crippen molar-refractivity contribution in [2.45, 2.75) is 0 Å². The highest BCUT2D eigenvalue weighted by atomic mass is 16.5. The van der Waals surface area contributed by atoms with Gasteiger partial charge in [-0.3, -0.25) is 4.79 Å². The second-order valence-corrected chi connectivity index (χ2v) is 2.84. The van der Waals surface area contributed by atoms with Gasteiger partial charge in [0, 0.05) is 5.56 Å². The highest BCUT2D eigenvalue weighted by Gasteiger charge is 2.06. The summed E-state index contributed by atoms with van der Waals surface area (Å²) in [5.74, 6) is 2.50. The fourth-order valence-electron chi connectivity index (χ4n) is 1.14. The first kappa shape index (κ1) is 10.9. The van der Waals surface area contributed by atoms with Crippen LogP contribution in [-0.4, -0.2) is 19.6 Å². The van der Waals surface area contributed by atoms with Crippen LogP contribution in [0.15, 0.2) is 18.2 Å². The molecule has 4 nitrogen and oxygen atoms in total. The molecule has 0 aliphatic rings. The summed E-state index contributed by atoms with van der Waals surface area (Å²) in [6.07, 6.45) is 5.12. The van der Waals surface area contributed by atoms with Gasteiger partial charge in [-0.25, -0.2) is 0 Å². The Labute approximate surface area is 88.4 Å². The van der Waals surface area contributed by atoms with Crippen molar-refractivity contribution in [1.82, 2.24) is 0 Å². The number of nitrogens with one attached hydrogen (secondary N) is 1. The number of rotatable bonds is 4. The van der Waals surface area contributed by atoms with Gasteiger partial charge in [0.25, 0.3) is 0 Å². The zero-order valence-electron chi connectivity index (χ0n) is 8.41. The van der Waals surface area contributed by atoms with Crippen molar-refractivity contribution < 1.29 is 9.53 Å². The number of ether oxygens (including phenoxy) is 1. The molecule has 0 saturated carbocycles. The summed E-state index contributed by atoms with van der Waals surface area (Å²) in [4.78, 5) is 10.9. The Bertz CT molecular complexity index is 408. The topological polar surface area (TPSA) is 64.3 Å². The van der Waals surface area contributed by atoms with Gasteiger partial charge >= 0.3 is 0 Å². The molecule has 0 aromatic heterocycles. The minimum atomic E-state index is -0.489. The number of carbonyl (C=O) groups is 1. The third-order valence-electron chi connectivity index (χ3n) is 1.87. The van der Waals surface area contributed by atoms with Crippen LogP contribution in [0.2, 0.25) is 0 Å². The van der Waals surface area contributed by atoms with Crippen LogP contribution >= 0.6 is 0 Å². The van der Waals surface area contributed by atoms with Gasteiger partial charge in [-0.15, -0.1) is 6.42 Å². The quantitative estimate of drug-likeness (QED) is 0.714. The highest BCUT2D eigenvalue weighted by Crippen LogP contribution is 2.24. The number of benzene rings is 1. The Morgan fingerprint density at radius 2 is 2.40 bits per heavy atom. The first-order chi connectivity index (χ1) is 7.19. The number of primary amides is 1. The summed E-state index contributed by atoms with van der Waals surface area (Å²) in [6.45, 7) is 0.395. The number of carbonyl (C=O) groups excluding carboxylic acids is 1. The summed E-state index contributed by atoms with van der Waals surface area (Å²) in [7, 11) is 1.52. The van der Waals surface area contributed by atoms with Gasteiger partial charge in [-0.2, -0.15) is 0 Å². The molecule has 4 heteroatoms. The number of nitrogens with two attached hydrogens (primary N) is 1. The maximum atomic E-state index is 10.9. The van der Waals surface area contributed by atoms with E-state index in [1.165, 1.54) is 7.11 Å². The maximum absolute atomic E-state index is 10.9. The van der Waals surface area contributed by atoms with E-state index >= 15 is 0 Å². The number of hydrogen-bond donors (Lipinski definition) is 2. The van der Waals surface area contributed by atoms with Crippen LogP contribution in [0.4, 0.5) is 5.69 Å². The van der Waals surface area contributed by atoms with Crippen molar-refractivity contribution >= 4 is 11.6 Å². The fourth-order valence-corrected chi connectivity index (χ4v) is 1.14. The summed E-state index contributed by atoms with van der Waals surface area (Å²) in [5.41, 5.74) is 6.28. The second-order valence-electron chi connectivity index (χ2n) is 2.84. The summed E-state index contributed by atoms with van der Waals surface area (Å²) < 4.78 is 5.09. The molecular formula is C11H12N2O2. The molecule has 0 heterocycles. The molecule has 0 aliphatic carbocycles. The number of methoxy groups -OCH3 is 1. The third-order valence-corrected chi connectivity index (χ3v) is 1.87. The van der Waals surface area contributed by atoms with Gasteiger partial charge in [0.05, 0.1) is 19.3 Å². The maximum Gasteiger partial charge on any atom is 0.248 e. The Morgan fingerprint density at radius 3 is 2.93 bits per heavy atom. The lowest BCUT2D eigenvalue weighted by molar-refractivity contribution is 0.1000. The number of anilines is 1. The molecular weight excluding hydrogens is 192 g/mol. The van der Waals surface area contributed by atoms with Gasteiger partial charge in [0.2, 0.25) is 5.91 Å². The predicted molar refractivity (Wildman–Crippen MR) is 58.8 cm³/mol. The Hall–Kier alpha value is -2.15. The zero-order valence-corrected chi connectivity index (χ0v) is 8.41. The van der Waals surface area contributed by atoms with Crippen LogP contribution in [0.25, 0.3) is 0 Å². The SMILES string of the molecule is C#CCNc1ccc(C(N)=O)cc1OC. The Kier molecular flexibility index (Phi) is 3.58. The van der Waals surface area contributed by atoms with E-state index in [9.17, 15) is 4.79 Å². The molecule has 1 rings (SSSR count). The van der Waals surface area contributed by atoms with E-state index in [1.54, 1.807) is 18.2 Å². The van der Waals surface area contributed by atoms with E-state index in [-0.39, 0.29) is 0 Å². The molecule has 15 heavy (non-hydrogen) atoms. The molecule has 0 unspecified atom stereocenters. The van der Waals surface area contributed by atoms with E-state index in [0.29, 0.717) is 17.9 Å². The molecule has 3 N–H and O–H groups in total. The van der Waals surface area contributed by atoms with E-state index in [1.807, 2.05) is 0 Å². The lowest BCUT2D eigenvalue weighted by Crippen LogP contribution is -2.11. The van der Waals surface area contributed by atoms with Gasteiger partial charge in [0.15, 0.2) is 0 Å². The lowest BCUT2D eigenvalue weighted by atomic mass is 10.2. The lowest BCUT2D eigenvalue weighted by Gasteiger charge is -2.09. The molecule has 1 aromatic rings. The van der Waals surface area contributed by atoms with Gasteiger partial charge in [-0.1, -0.05) is 5.92 Å². The van der Waals surface area contributed by atoms with Crippen LogP contribution in [0.3, 0.4) is 0 Å². The summed E-state index contributed by atoms with van der Waals surface area (Å²) >= 11 is 0. The average molecular weight is 204 g/mol. The monoisotopic (exact) mass is 204 g/mol. The smallest absolute Gasteiger partial charge is 0.248 e. The van der Waals surface area contributed by atoms with Crippen molar-refractivity contribution in [2.24, 2.45) is 5.73 Å². The number of terminal acetylenes is 1. The fraction of sp³-hybridized carbons (Fsp3) is 0.182.